The van der Waals surface area contributed by atoms with Gasteiger partial charge in [0.15, 0.2) is 9.84 Å². The second kappa shape index (κ2) is 8.45. The predicted octanol–water partition coefficient (Wildman–Crippen LogP) is 5.15. The van der Waals surface area contributed by atoms with Crippen LogP contribution in [0.4, 0.5) is 5.69 Å². The zero-order valence-electron chi connectivity index (χ0n) is 16.9. The summed E-state index contributed by atoms with van der Waals surface area (Å²) in [5, 5.41) is 9.05. The molecule has 0 saturated carbocycles. The van der Waals surface area contributed by atoms with Gasteiger partial charge in [-0.3, -0.25) is 9.48 Å². The van der Waals surface area contributed by atoms with Crippen LogP contribution in [0, 0.1) is 6.92 Å². The van der Waals surface area contributed by atoms with Crippen LogP contribution in [0.3, 0.4) is 0 Å². The number of fused-ring (bicyclic) bond motifs is 1. The van der Waals surface area contributed by atoms with Crippen molar-refractivity contribution in [2.75, 3.05) is 11.1 Å². The molecule has 0 fully saturated rings. The van der Waals surface area contributed by atoms with E-state index in [0.29, 0.717) is 22.1 Å². The lowest BCUT2D eigenvalue weighted by Crippen LogP contribution is -2.10. The molecule has 9 heteroatoms. The fourth-order valence-corrected chi connectivity index (χ4v) is 5.27. The highest BCUT2D eigenvalue weighted by atomic mass is 35.5. The number of thiophene rings is 1. The summed E-state index contributed by atoms with van der Waals surface area (Å²) in [6, 6.07) is 15.6. The molecule has 0 bridgehead atoms. The molecule has 6 nitrogen and oxygen atoms in total. The Bertz CT molecular complexity index is 1360. The molecule has 0 saturated heterocycles. The normalized spacial score (nSPS) is 11.7. The summed E-state index contributed by atoms with van der Waals surface area (Å²) in [6.07, 6.45) is 0. The topological polar surface area (TPSA) is 81.1 Å². The number of benzene rings is 2. The first-order chi connectivity index (χ1) is 14.8. The maximum atomic E-state index is 12.8. The third-order valence-corrected chi connectivity index (χ3v) is 8.08. The molecule has 0 aliphatic carbocycles. The summed E-state index contributed by atoms with van der Waals surface area (Å²) in [5.74, 6) is -0.211. The average Bonchev–Trinajstić information content (AvgIpc) is 3.31. The van der Waals surface area contributed by atoms with E-state index in [-0.39, 0.29) is 16.6 Å². The van der Waals surface area contributed by atoms with Gasteiger partial charge in [0.2, 0.25) is 0 Å². The molecule has 1 N–H and O–H groups in total. The van der Waals surface area contributed by atoms with E-state index in [0.717, 1.165) is 21.5 Å². The average molecular weight is 474 g/mol. The Hall–Kier alpha value is -2.68. The monoisotopic (exact) mass is 473 g/mol. The first-order valence-corrected chi connectivity index (χ1v) is 12.5. The Morgan fingerprint density at radius 2 is 1.81 bits per heavy atom. The number of aryl methyl sites for hydroxylation is 1. The van der Waals surface area contributed by atoms with Crippen molar-refractivity contribution in [1.29, 1.82) is 0 Å². The SMILES string of the molecule is CCS(=O)(=O)c1ccc(NC(=O)c2cc3c(C)nn(Cc4ccc(Cl)cc4)c3s2)cc1. The standard InChI is InChI=1S/C22H20ClN3O3S2/c1-3-31(28,29)18-10-8-17(9-11-18)24-21(27)20-12-19-14(2)25-26(22(19)30-20)13-15-4-6-16(23)7-5-15/h4-12H,3,13H2,1-2H3,(H,24,27). The Labute approximate surface area is 189 Å². The number of anilines is 1. The Morgan fingerprint density at radius 3 is 2.45 bits per heavy atom. The molecule has 2 aromatic heterocycles. The highest BCUT2D eigenvalue weighted by Gasteiger charge is 2.17. The minimum Gasteiger partial charge on any atom is -0.321 e. The van der Waals surface area contributed by atoms with Gasteiger partial charge in [-0.2, -0.15) is 5.10 Å². The van der Waals surface area contributed by atoms with Crippen LogP contribution in [0.5, 0.6) is 0 Å². The van der Waals surface area contributed by atoms with Gasteiger partial charge in [0.1, 0.15) is 4.83 Å². The molecule has 31 heavy (non-hydrogen) atoms. The van der Waals surface area contributed by atoms with Crippen LogP contribution in [0.1, 0.15) is 27.9 Å². The van der Waals surface area contributed by atoms with E-state index < -0.39 is 9.84 Å². The highest BCUT2D eigenvalue weighted by Crippen LogP contribution is 2.29. The van der Waals surface area contributed by atoms with Gasteiger partial charge in [-0.25, -0.2) is 8.42 Å². The molecule has 160 valence electrons. The van der Waals surface area contributed by atoms with Crippen molar-refractivity contribution in [2.45, 2.75) is 25.3 Å². The van der Waals surface area contributed by atoms with Crippen molar-refractivity contribution in [2.24, 2.45) is 0 Å². The van der Waals surface area contributed by atoms with Crippen LogP contribution in [0.25, 0.3) is 10.2 Å². The van der Waals surface area contributed by atoms with Gasteiger partial charge in [0, 0.05) is 16.1 Å². The highest BCUT2D eigenvalue weighted by molar-refractivity contribution is 7.91. The van der Waals surface area contributed by atoms with Crippen LogP contribution in [0.15, 0.2) is 59.5 Å². The molecule has 0 aliphatic rings. The van der Waals surface area contributed by atoms with E-state index in [1.54, 1.807) is 19.1 Å². The van der Waals surface area contributed by atoms with Gasteiger partial charge in [-0.1, -0.05) is 30.7 Å². The first-order valence-electron chi connectivity index (χ1n) is 9.62. The second-order valence-electron chi connectivity index (χ2n) is 7.08. The number of carbonyl (C=O) groups excluding carboxylic acids is 1. The van der Waals surface area contributed by atoms with Crippen molar-refractivity contribution in [1.82, 2.24) is 9.78 Å². The molecule has 4 aromatic rings. The number of carbonyl (C=O) groups is 1. The molecule has 0 spiro atoms. The molecule has 0 radical (unpaired) electrons. The predicted molar refractivity (Wildman–Crippen MR) is 125 cm³/mol. The number of hydrogen-bond acceptors (Lipinski definition) is 5. The van der Waals surface area contributed by atoms with Crippen LogP contribution >= 0.6 is 22.9 Å². The van der Waals surface area contributed by atoms with E-state index >= 15 is 0 Å². The Kier molecular flexibility index (Phi) is 5.88. The molecule has 0 unspecified atom stereocenters. The third-order valence-electron chi connectivity index (χ3n) is 4.93. The van der Waals surface area contributed by atoms with E-state index in [1.165, 1.54) is 23.5 Å². The molecule has 2 heterocycles. The van der Waals surface area contributed by atoms with Crippen LogP contribution in [-0.4, -0.2) is 29.9 Å². The smallest absolute Gasteiger partial charge is 0.265 e. The molecule has 2 aromatic carbocycles. The number of aromatic nitrogens is 2. The number of hydrogen-bond donors (Lipinski definition) is 1. The Morgan fingerprint density at radius 1 is 1.13 bits per heavy atom. The fourth-order valence-electron chi connectivity index (χ4n) is 3.20. The molecule has 0 aliphatic heterocycles. The van der Waals surface area contributed by atoms with Gasteiger partial charge in [-0.05, 0) is 55.0 Å². The minimum absolute atomic E-state index is 0.0346. The lowest BCUT2D eigenvalue weighted by Gasteiger charge is -2.06. The van der Waals surface area contributed by atoms with Crippen molar-refractivity contribution in [3.63, 3.8) is 0 Å². The number of halogens is 1. The lowest BCUT2D eigenvalue weighted by molar-refractivity contribution is 0.103. The van der Waals surface area contributed by atoms with E-state index in [1.807, 2.05) is 41.9 Å². The number of nitrogens with one attached hydrogen (secondary N) is 1. The van der Waals surface area contributed by atoms with Gasteiger partial charge in [0.25, 0.3) is 5.91 Å². The van der Waals surface area contributed by atoms with Crippen molar-refractivity contribution >= 4 is 54.6 Å². The zero-order chi connectivity index (χ0) is 22.2. The summed E-state index contributed by atoms with van der Waals surface area (Å²) >= 11 is 7.33. The summed E-state index contributed by atoms with van der Waals surface area (Å²) in [4.78, 5) is 14.5. The quantitative estimate of drug-likeness (QED) is 0.419. The van der Waals surface area contributed by atoms with Crippen molar-refractivity contribution < 1.29 is 13.2 Å². The van der Waals surface area contributed by atoms with Crippen molar-refractivity contribution in [3.05, 3.63) is 75.8 Å². The summed E-state index contributed by atoms with van der Waals surface area (Å²) in [5.41, 5.74) is 2.46. The maximum Gasteiger partial charge on any atom is 0.265 e. The third kappa shape index (κ3) is 4.51. The number of nitrogens with zero attached hydrogens (tertiary/aromatic N) is 2. The number of rotatable bonds is 6. The van der Waals surface area contributed by atoms with Crippen LogP contribution in [0.2, 0.25) is 5.02 Å². The lowest BCUT2D eigenvalue weighted by atomic mass is 10.2. The number of sulfone groups is 1. The fraction of sp³-hybridized carbons (Fsp3) is 0.182. The molecular formula is C22H20ClN3O3S2. The maximum absolute atomic E-state index is 12.8. The van der Waals surface area contributed by atoms with Gasteiger partial charge >= 0.3 is 0 Å². The summed E-state index contributed by atoms with van der Waals surface area (Å²) in [6.45, 7) is 4.10. The van der Waals surface area contributed by atoms with E-state index in [4.69, 9.17) is 11.6 Å². The van der Waals surface area contributed by atoms with E-state index in [2.05, 4.69) is 10.4 Å². The molecule has 1 amide bonds. The van der Waals surface area contributed by atoms with Gasteiger partial charge in [0.05, 0.1) is 27.8 Å². The largest absolute Gasteiger partial charge is 0.321 e. The van der Waals surface area contributed by atoms with E-state index in [9.17, 15) is 13.2 Å². The minimum atomic E-state index is -3.27. The molecular weight excluding hydrogens is 454 g/mol. The number of amides is 1. The first kappa shape index (κ1) is 21.5. The van der Waals surface area contributed by atoms with Gasteiger partial charge in [-0.15, -0.1) is 11.3 Å². The second-order valence-corrected chi connectivity index (χ2v) is 10.8. The van der Waals surface area contributed by atoms with Crippen LogP contribution in [-0.2, 0) is 16.4 Å². The van der Waals surface area contributed by atoms with Gasteiger partial charge < -0.3 is 5.32 Å². The zero-order valence-corrected chi connectivity index (χ0v) is 19.3. The van der Waals surface area contributed by atoms with Crippen LogP contribution < -0.4 is 5.32 Å². The molecule has 4 rings (SSSR count). The van der Waals surface area contributed by atoms with Crippen molar-refractivity contribution in [3.8, 4) is 0 Å². The Balaban J connectivity index is 1.55. The molecule has 0 atom stereocenters. The summed E-state index contributed by atoms with van der Waals surface area (Å²) < 4.78 is 25.8. The summed E-state index contributed by atoms with van der Waals surface area (Å²) in [7, 11) is -3.27.